The van der Waals surface area contributed by atoms with Gasteiger partial charge in [0.25, 0.3) is 0 Å². The van der Waals surface area contributed by atoms with Crippen LogP contribution in [-0.2, 0) is 0 Å². The summed E-state index contributed by atoms with van der Waals surface area (Å²) >= 11 is 0. The van der Waals surface area contributed by atoms with Crippen LogP contribution in [0.2, 0.25) is 0 Å². The zero-order valence-electron chi connectivity index (χ0n) is 13.2. The van der Waals surface area contributed by atoms with Gasteiger partial charge < -0.3 is 0 Å². The Bertz CT molecular complexity index is 226. The molecule has 0 spiro atoms. The lowest BCUT2D eigenvalue weighted by Crippen LogP contribution is -2.37. The molecule has 106 valence electrons. The summed E-state index contributed by atoms with van der Waals surface area (Å²) in [6.07, 6.45) is 3.37. The summed E-state index contributed by atoms with van der Waals surface area (Å²) in [5.41, 5.74) is 0. The smallest absolute Gasteiger partial charge is 0.0980 e. The maximum atomic E-state index is 9.38. The minimum absolute atomic E-state index is 0.0995. The van der Waals surface area contributed by atoms with Crippen LogP contribution < -0.4 is 0 Å². The quantitative estimate of drug-likeness (QED) is 0.611. The van der Waals surface area contributed by atoms with E-state index in [1.165, 1.54) is 12.8 Å². The third kappa shape index (κ3) is 8.53. The monoisotopic (exact) mass is 252 g/mol. The van der Waals surface area contributed by atoms with Crippen LogP contribution in [0.1, 0.15) is 60.8 Å². The Kier molecular flexibility index (Phi) is 9.10. The molecule has 0 heterocycles. The van der Waals surface area contributed by atoms with Gasteiger partial charge in [0.05, 0.1) is 12.1 Å². The Morgan fingerprint density at radius 2 is 1.28 bits per heavy atom. The Morgan fingerprint density at radius 3 is 1.56 bits per heavy atom. The first-order chi connectivity index (χ1) is 8.36. The molecule has 0 radical (unpaired) electrons. The Hall–Kier alpha value is -0.550. The van der Waals surface area contributed by atoms with E-state index in [0.717, 1.165) is 19.5 Å². The van der Waals surface area contributed by atoms with Crippen molar-refractivity contribution >= 4 is 0 Å². The normalized spacial score (nSPS) is 13.6. The van der Waals surface area contributed by atoms with Gasteiger partial charge in [-0.05, 0) is 50.1 Å². The molecule has 0 aromatic rings. The lowest BCUT2D eigenvalue weighted by Gasteiger charge is -2.29. The van der Waals surface area contributed by atoms with E-state index in [4.69, 9.17) is 0 Å². The first-order valence-electron chi connectivity index (χ1n) is 7.50. The van der Waals surface area contributed by atoms with E-state index < -0.39 is 0 Å². The topological polar surface area (TPSA) is 27.0 Å². The summed E-state index contributed by atoms with van der Waals surface area (Å²) in [5.74, 6) is 2.02. The molecule has 2 heteroatoms. The van der Waals surface area contributed by atoms with E-state index in [0.29, 0.717) is 17.8 Å². The van der Waals surface area contributed by atoms with Crippen LogP contribution in [0.25, 0.3) is 0 Å². The molecule has 0 fully saturated rings. The van der Waals surface area contributed by atoms with Crippen molar-refractivity contribution in [2.45, 2.75) is 66.8 Å². The molecule has 18 heavy (non-hydrogen) atoms. The van der Waals surface area contributed by atoms with Crippen molar-refractivity contribution in [1.29, 1.82) is 5.26 Å². The number of hydrogen-bond donors (Lipinski definition) is 0. The van der Waals surface area contributed by atoms with Crippen molar-refractivity contribution in [1.82, 2.24) is 4.90 Å². The summed E-state index contributed by atoms with van der Waals surface area (Å²) < 4.78 is 0. The van der Waals surface area contributed by atoms with E-state index in [2.05, 4.69) is 52.5 Å². The fraction of sp³-hybridized carbons (Fsp3) is 0.938. The van der Waals surface area contributed by atoms with Gasteiger partial charge in [0.2, 0.25) is 0 Å². The van der Waals surface area contributed by atoms with Crippen molar-refractivity contribution < 1.29 is 0 Å². The maximum Gasteiger partial charge on any atom is 0.0980 e. The predicted octanol–water partition coefficient (Wildman–Crippen LogP) is 4.32. The highest BCUT2D eigenvalue weighted by atomic mass is 15.1. The van der Waals surface area contributed by atoms with Crippen LogP contribution in [0.15, 0.2) is 0 Å². The molecule has 2 nitrogen and oxygen atoms in total. The van der Waals surface area contributed by atoms with Gasteiger partial charge in [-0.25, -0.2) is 0 Å². The van der Waals surface area contributed by atoms with Gasteiger partial charge in [-0.15, -0.1) is 0 Å². The summed E-state index contributed by atoms with van der Waals surface area (Å²) in [6, 6.07) is 2.61. The molecular weight excluding hydrogens is 220 g/mol. The maximum absolute atomic E-state index is 9.38. The van der Waals surface area contributed by atoms with Gasteiger partial charge in [0, 0.05) is 0 Å². The summed E-state index contributed by atoms with van der Waals surface area (Å²) in [6.45, 7) is 15.6. The fourth-order valence-corrected chi connectivity index (χ4v) is 2.00. The summed E-state index contributed by atoms with van der Waals surface area (Å²) in [5, 5.41) is 9.38. The van der Waals surface area contributed by atoms with Crippen LogP contribution in [0.4, 0.5) is 0 Å². The molecule has 0 aromatic carbocycles. The molecule has 0 rings (SSSR count). The largest absolute Gasteiger partial charge is 0.288 e. The molecule has 0 amide bonds. The Labute approximate surface area is 114 Å². The molecule has 0 aliphatic carbocycles. The molecule has 0 N–H and O–H groups in total. The van der Waals surface area contributed by atoms with Crippen molar-refractivity contribution in [2.75, 3.05) is 13.1 Å². The Balaban J connectivity index is 4.44. The average molecular weight is 252 g/mol. The number of nitrogens with zero attached hydrogens (tertiary/aromatic N) is 2. The third-order valence-electron chi connectivity index (χ3n) is 3.27. The van der Waals surface area contributed by atoms with Crippen LogP contribution in [-0.4, -0.2) is 24.0 Å². The molecule has 0 saturated heterocycles. The number of nitriles is 1. The SMILES string of the molecule is CC(C)CCN(CCC(C)C)C(C#N)CC(C)C. The second kappa shape index (κ2) is 9.39. The lowest BCUT2D eigenvalue weighted by atomic mass is 10.0. The fourth-order valence-electron chi connectivity index (χ4n) is 2.00. The molecule has 1 unspecified atom stereocenters. The number of hydrogen-bond acceptors (Lipinski definition) is 2. The highest BCUT2D eigenvalue weighted by molar-refractivity contribution is 4.92. The van der Waals surface area contributed by atoms with Gasteiger partial charge in [-0.2, -0.15) is 5.26 Å². The summed E-state index contributed by atoms with van der Waals surface area (Å²) in [7, 11) is 0. The molecule has 1 atom stereocenters. The Morgan fingerprint density at radius 1 is 0.833 bits per heavy atom. The van der Waals surface area contributed by atoms with E-state index in [-0.39, 0.29) is 6.04 Å². The first kappa shape index (κ1) is 17.4. The van der Waals surface area contributed by atoms with Crippen LogP contribution in [0.5, 0.6) is 0 Å². The van der Waals surface area contributed by atoms with Crippen LogP contribution >= 0.6 is 0 Å². The van der Waals surface area contributed by atoms with E-state index in [1.54, 1.807) is 0 Å². The average Bonchev–Trinajstić information content (AvgIpc) is 2.25. The summed E-state index contributed by atoms with van der Waals surface area (Å²) in [4.78, 5) is 2.40. The van der Waals surface area contributed by atoms with Gasteiger partial charge in [-0.3, -0.25) is 4.90 Å². The first-order valence-corrected chi connectivity index (χ1v) is 7.50. The standard InChI is InChI=1S/C16H32N2/c1-13(2)7-9-18(10-8-14(3)4)16(12-17)11-15(5)6/h13-16H,7-11H2,1-6H3. The van der Waals surface area contributed by atoms with Crippen molar-refractivity contribution in [2.24, 2.45) is 17.8 Å². The van der Waals surface area contributed by atoms with Crippen molar-refractivity contribution in [3.05, 3.63) is 0 Å². The van der Waals surface area contributed by atoms with Crippen LogP contribution in [0.3, 0.4) is 0 Å². The molecule has 0 bridgehead atoms. The molecule has 0 aromatic heterocycles. The minimum atomic E-state index is 0.0995. The van der Waals surface area contributed by atoms with Gasteiger partial charge >= 0.3 is 0 Å². The van der Waals surface area contributed by atoms with Crippen LogP contribution in [0, 0.1) is 29.1 Å². The zero-order chi connectivity index (χ0) is 14.1. The van der Waals surface area contributed by atoms with Crippen molar-refractivity contribution in [3.8, 4) is 6.07 Å². The predicted molar refractivity (Wildman–Crippen MR) is 79.3 cm³/mol. The minimum Gasteiger partial charge on any atom is -0.288 e. The highest BCUT2D eigenvalue weighted by Gasteiger charge is 2.19. The highest BCUT2D eigenvalue weighted by Crippen LogP contribution is 2.15. The lowest BCUT2D eigenvalue weighted by molar-refractivity contribution is 0.191. The van der Waals surface area contributed by atoms with Gasteiger partial charge in [0.15, 0.2) is 0 Å². The second-order valence-corrected chi connectivity index (χ2v) is 6.68. The van der Waals surface area contributed by atoms with Crippen molar-refractivity contribution in [3.63, 3.8) is 0 Å². The van der Waals surface area contributed by atoms with Gasteiger partial charge in [-0.1, -0.05) is 41.5 Å². The zero-order valence-corrected chi connectivity index (χ0v) is 13.2. The molecule has 0 aliphatic heterocycles. The van der Waals surface area contributed by atoms with E-state index >= 15 is 0 Å². The third-order valence-corrected chi connectivity index (χ3v) is 3.27. The van der Waals surface area contributed by atoms with Gasteiger partial charge in [0.1, 0.15) is 0 Å². The van der Waals surface area contributed by atoms with E-state index in [1.807, 2.05) is 0 Å². The second-order valence-electron chi connectivity index (χ2n) is 6.68. The molecular formula is C16H32N2. The molecule has 0 saturated carbocycles. The van der Waals surface area contributed by atoms with E-state index in [9.17, 15) is 5.26 Å². The molecule has 0 aliphatic rings. The number of rotatable bonds is 9.